The number of carbonyl (C=O) groups excluding carboxylic acids is 2. The number of nitrogens with zero attached hydrogens (tertiary/aromatic N) is 1. The molecular formula is C56H96NO8+. The van der Waals surface area contributed by atoms with Crippen molar-refractivity contribution in [1.82, 2.24) is 0 Å². The van der Waals surface area contributed by atoms with E-state index >= 15 is 0 Å². The maximum absolute atomic E-state index is 12.8. The minimum Gasteiger partial charge on any atom is -0.477 e. The van der Waals surface area contributed by atoms with E-state index in [-0.39, 0.29) is 32.2 Å². The Bertz CT molecular complexity index is 1340. The van der Waals surface area contributed by atoms with Crippen LogP contribution in [0.15, 0.2) is 85.1 Å². The van der Waals surface area contributed by atoms with Gasteiger partial charge in [-0.2, -0.15) is 0 Å². The standard InChI is InChI=1S/C56H95NO8/c1-6-8-10-12-14-16-18-20-22-23-24-25-26-27-28-29-30-31-33-35-37-39-41-43-45-47-54(59)65-52(51-64-56(55(60)61)62-49-48-57(3,4)5)50-63-53(58)46-44-42-40-38-36-34-32-21-19-17-15-13-11-9-7-2/h8,10,14,16,20,22,24-25,27-28,30-31,35,37,52,56H,6-7,9,11-13,15,17-19,21,23,26,29,32-34,36,38-51H2,1-5H3/p+1/b10-8-,16-14-,22-20-,25-24-,28-27-,31-30-,37-35-. The summed E-state index contributed by atoms with van der Waals surface area (Å²) < 4.78 is 22.8. The van der Waals surface area contributed by atoms with E-state index in [0.717, 1.165) is 83.5 Å². The minimum atomic E-state index is -1.52. The SMILES string of the molecule is CC/C=C\C/C=C\C/C=C\C/C=C\C/C=C\C/C=C\C/C=C\CCCCCC(=O)OC(COC(=O)CCCCCCCCCCCCCCCCC)COC(OCC[N+](C)(C)C)C(=O)O. The topological polar surface area (TPSA) is 108 Å². The molecule has 9 nitrogen and oxygen atoms in total. The van der Waals surface area contributed by atoms with Crippen LogP contribution in [0.2, 0.25) is 0 Å². The van der Waals surface area contributed by atoms with Gasteiger partial charge in [-0.25, -0.2) is 4.79 Å². The number of rotatable bonds is 46. The number of quaternary nitrogens is 1. The molecule has 0 heterocycles. The van der Waals surface area contributed by atoms with E-state index in [4.69, 9.17) is 18.9 Å². The van der Waals surface area contributed by atoms with Gasteiger partial charge in [-0.15, -0.1) is 0 Å². The molecule has 0 rings (SSSR count). The number of allylic oxidation sites excluding steroid dienone is 14. The molecule has 0 saturated carbocycles. The Morgan fingerprint density at radius 1 is 0.477 bits per heavy atom. The van der Waals surface area contributed by atoms with E-state index < -0.39 is 24.3 Å². The van der Waals surface area contributed by atoms with Crippen LogP contribution < -0.4 is 0 Å². The van der Waals surface area contributed by atoms with Crippen LogP contribution in [0.3, 0.4) is 0 Å². The first-order valence-corrected chi connectivity index (χ1v) is 25.8. The number of aliphatic carboxylic acids is 1. The van der Waals surface area contributed by atoms with Gasteiger partial charge in [-0.3, -0.25) is 9.59 Å². The van der Waals surface area contributed by atoms with Crippen molar-refractivity contribution >= 4 is 17.9 Å². The van der Waals surface area contributed by atoms with Crippen molar-refractivity contribution in [2.45, 2.75) is 206 Å². The van der Waals surface area contributed by atoms with Crippen molar-refractivity contribution in [2.75, 3.05) is 47.5 Å². The maximum atomic E-state index is 12.8. The van der Waals surface area contributed by atoms with Gasteiger partial charge in [0.2, 0.25) is 0 Å². The van der Waals surface area contributed by atoms with E-state index in [9.17, 15) is 19.5 Å². The largest absolute Gasteiger partial charge is 0.477 e. The van der Waals surface area contributed by atoms with Crippen LogP contribution in [0, 0.1) is 0 Å². The Labute approximate surface area is 398 Å². The normalized spacial score (nSPS) is 13.6. The predicted molar refractivity (Wildman–Crippen MR) is 272 cm³/mol. The van der Waals surface area contributed by atoms with Gasteiger partial charge < -0.3 is 28.5 Å². The molecular weight excluding hydrogens is 815 g/mol. The summed E-state index contributed by atoms with van der Waals surface area (Å²) in [4.78, 5) is 37.3. The number of hydrogen-bond acceptors (Lipinski definition) is 7. The molecule has 0 aliphatic rings. The van der Waals surface area contributed by atoms with Crippen LogP contribution in [0.5, 0.6) is 0 Å². The summed E-state index contributed by atoms with van der Waals surface area (Å²) in [7, 11) is 5.94. The van der Waals surface area contributed by atoms with Crippen LogP contribution >= 0.6 is 0 Å². The highest BCUT2D eigenvalue weighted by Gasteiger charge is 2.25. The summed E-state index contributed by atoms with van der Waals surface area (Å²) in [5, 5.41) is 9.67. The van der Waals surface area contributed by atoms with Gasteiger partial charge in [0.1, 0.15) is 13.2 Å². The van der Waals surface area contributed by atoms with Crippen molar-refractivity contribution in [3.05, 3.63) is 85.1 Å². The summed E-state index contributed by atoms with van der Waals surface area (Å²) in [6.45, 7) is 4.71. The molecule has 0 aromatic rings. The molecule has 0 fully saturated rings. The summed E-state index contributed by atoms with van der Waals surface area (Å²) in [5.74, 6) is -2.06. The average Bonchev–Trinajstić information content (AvgIpc) is 3.27. The smallest absolute Gasteiger partial charge is 0.361 e. The quantitative estimate of drug-likeness (QED) is 0.0211. The first kappa shape index (κ1) is 61.5. The molecule has 65 heavy (non-hydrogen) atoms. The van der Waals surface area contributed by atoms with E-state index in [2.05, 4.69) is 98.9 Å². The number of ether oxygens (including phenoxy) is 4. The molecule has 0 aromatic heterocycles. The first-order valence-electron chi connectivity index (χ1n) is 25.8. The Balaban J connectivity index is 4.43. The van der Waals surface area contributed by atoms with Crippen molar-refractivity contribution < 1.29 is 42.9 Å². The minimum absolute atomic E-state index is 0.177. The lowest BCUT2D eigenvalue weighted by molar-refractivity contribution is -0.870. The Morgan fingerprint density at radius 2 is 0.877 bits per heavy atom. The second-order valence-electron chi connectivity index (χ2n) is 18.1. The number of esters is 2. The van der Waals surface area contributed by atoms with E-state index in [1.54, 1.807) is 0 Å². The van der Waals surface area contributed by atoms with Gasteiger partial charge >= 0.3 is 17.9 Å². The van der Waals surface area contributed by atoms with Crippen LogP contribution in [0.1, 0.15) is 194 Å². The second-order valence-corrected chi connectivity index (χ2v) is 18.1. The van der Waals surface area contributed by atoms with E-state index in [1.165, 1.54) is 77.0 Å². The van der Waals surface area contributed by atoms with Crippen LogP contribution in [0.4, 0.5) is 0 Å². The summed E-state index contributed by atoms with van der Waals surface area (Å²) in [6, 6.07) is 0. The van der Waals surface area contributed by atoms with Crippen LogP contribution in [0.25, 0.3) is 0 Å². The molecule has 0 saturated heterocycles. The third-order valence-corrected chi connectivity index (χ3v) is 10.7. The number of likely N-dealkylation sites (N-methyl/N-ethyl adjacent to an activating group) is 1. The van der Waals surface area contributed by atoms with Gasteiger partial charge in [0.25, 0.3) is 6.29 Å². The average molecular weight is 911 g/mol. The number of carboxylic acid groups (broad SMARTS) is 1. The monoisotopic (exact) mass is 911 g/mol. The van der Waals surface area contributed by atoms with Crippen molar-refractivity contribution in [3.63, 3.8) is 0 Å². The maximum Gasteiger partial charge on any atom is 0.361 e. The zero-order valence-corrected chi connectivity index (χ0v) is 42.1. The number of hydrogen-bond donors (Lipinski definition) is 1. The number of carboxylic acids is 1. The van der Waals surface area contributed by atoms with Gasteiger partial charge in [-0.1, -0.05) is 195 Å². The second kappa shape index (κ2) is 47.0. The van der Waals surface area contributed by atoms with Crippen LogP contribution in [-0.4, -0.2) is 87.4 Å². The Hall–Kier alpha value is -3.53. The fourth-order valence-corrected chi connectivity index (χ4v) is 6.70. The molecule has 1 N–H and O–H groups in total. The number of carbonyl (C=O) groups is 3. The molecule has 0 bridgehead atoms. The summed E-state index contributed by atoms with van der Waals surface area (Å²) in [6.07, 6.45) is 57.9. The third kappa shape index (κ3) is 48.2. The van der Waals surface area contributed by atoms with Gasteiger partial charge in [0.15, 0.2) is 6.10 Å². The van der Waals surface area contributed by atoms with Crippen molar-refractivity contribution in [3.8, 4) is 0 Å². The molecule has 372 valence electrons. The molecule has 2 unspecified atom stereocenters. The van der Waals surface area contributed by atoms with Crippen molar-refractivity contribution in [2.24, 2.45) is 0 Å². The molecule has 0 spiro atoms. The fourth-order valence-electron chi connectivity index (χ4n) is 6.70. The molecule has 9 heteroatoms. The highest BCUT2D eigenvalue weighted by atomic mass is 16.7. The molecule has 0 aromatic carbocycles. The highest BCUT2D eigenvalue weighted by Crippen LogP contribution is 2.15. The zero-order valence-electron chi connectivity index (χ0n) is 42.1. The number of unbranched alkanes of at least 4 members (excludes halogenated alkanes) is 17. The lowest BCUT2D eigenvalue weighted by Crippen LogP contribution is -2.40. The predicted octanol–water partition coefficient (Wildman–Crippen LogP) is 14.4. The van der Waals surface area contributed by atoms with Gasteiger partial charge in [0, 0.05) is 12.8 Å². The third-order valence-electron chi connectivity index (χ3n) is 10.7. The van der Waals surface area contributed by atoms with E-state index in [1.807, 2.05) is 21.1 Å². The van der Waals surface area contributed by atoms with Crippen LogP contribution in [-0.2, 0) is 33.3 Å². The van der Waals surface area contributed by atoms with E-state index in [0.29, 0.717) is 23.9 Å². The molecule has 0 aliphatic heterocycles. The fraction of sp³-hybridized carbons (Fsp3) is 0.696. The Kier molecular flexibility index (Phi) is 44.4. The summed E-state index contributed by atoms with van der Waals surface area (Å²) in [5.41, 5.74) is 0. The molecule has 2 atom stereocenters. The van der Waals surface area contributed by atoms with Gasteiger partial charge in [0.05, 0.1) is 34.4 Å². The molecule has 0 aliphatic carbocycles. The summed E-state index contributed by atoms with van der Waals surface area (Å²) >= 11 is 0. The molecule has 0 radical (unpaired) electrons. The van der Waals surface area contributed by atoms with Gasteiger partial charge in [-0.05, 0) is 70.6 Å². The zero-order chi connectivity index (χ0) is 47.7. The highest BCUT2D eigenvalue weighted by molar-refractivity contribution is 5.71. The lowest BCUT2D eigenvalue weighted by atomic mass is 10.0. The Morgan fingerprint density at radius 3 is 1.31 bits per heavy atom. The van der Waals surface area contributed by atoms with Crippen molar-refractivity contribution in [1.29, 1.82) is 0 Å². The lowest BCUT2D eigenvalue weighted by Gasteiger charge is -2.25. The first-order chi connectivity index (χ1) is 31.6. The molecule has 0 amide bonds.